The summed E-state index contributed by atoms with van der Waals surface area (Å²) in [6.45, 7) is 7.06. The Bertz CT molecular complexity index is 1050. The number of methoxy groups -OCH3 is 1. The van der Waals surface area contributed by atoms with Gasteiger partial charge in [0.05, 0.1) is 24.7 Å². The van der Waals surface area contributed by atoms with Crippen LogP contribution in [0.3, 0.4) is 0 Å². The minimum absolute atomic E-state index is 0.0185. The lowest BCUT2D eigenvalue weighted by molar-refractivity contribution is -0.144. The van der Waals surface area contributed by atoms with E-state index in [-0.39, 0.29) is 36.3 Å². The van der Waals surface area contributed by atoms with Crippen LogP contribution in [-0.2, 0) is 36.8 Å². The minimum atomic E-state index is -0.570. The van der Waals surface area contributed by atoms with Crippen LogP contribution in [0, 0.1) is 30.1 Å². The molecule has 9 nitrogen and oxygen atoms in total. The van der Waals surface area contributed by atoms with Crippen molar-refractivity contribution >= 4 is 17.7 Å². The Labute approximate surface area is 219 Å². The van der Waals surface area contributed by atoms with Gasteiger partial charge in [0.25, 0.3) is 0 Å². The second kappa shape index (κ2) is 10.7. The number of likely N-dealkylation sites (tertiary alicyclic amines) is 1. The van der Waals surface area contributed by atoms with E-state index in [0.717, 1.165) is 55.5 Å². The molecule has 9 heteroatoms. The lowest BCUT2D eigenvalue weighted by Gasteiger charge is -2.37. The molecule has 0 radical (unpaired) electrons. The van der Waals surface area contributed by atoms with Crippen molar-refractivity contribution in [2.24, 2.45) is 23.2 Å². The number of rotatable bonds is 6. The van der Waals surface area contributed by atoms with Crippen molar-refractivity contribution in [2.75, 3.05) is 46.5 Å². The van der Waals surface area contributed by atoms with Crippen molar-refractivity contribution in [1.29, 1.82) is 0 Å². The molecule has 0 spiro atoms. The fourth-order valence-electron chi connectivity index (χ4n) is 7.27. The van der Waals surface area contributed by atoms with Crippen LogP contribution < -0.4 is 5.32 Å². The van der Waals surface area contributed by atoms with E-state index in [1.54, 1.807) is 7.11 Å². The first-order valence-corrected chi connectivity index (χ1v) is 13.7. The van der Waals surface area contributed by atoms with Crippen molar-refractivity contribution < 1.29 is 23.9 Å². The zero-order chi connectivity index (χ0) is 26.2. The number of carbonyl (C=O) groups is 3. The summed E-state index contributed by atoms with van der Waals surface area (Å²) in [5.74, 6) is 0.826. The van der Waals surface area contributed by atoms with Crippen LogP contribution in [0.4, 0.5) is 0 Å². The Morgan fingerprint density at radius 1 is 1.30 bits per heavy atom. The van der Waals surface area contributed by atoms with E-state index in [2.05, 4.69) is 16.4 Å². The number of hydrogen-bond donors (Lipinski definition) is 1. The summed E-state index contributed by atoms with van der Waals surface area (Å²) in [7, 11) is 1.75. The van der Waals surface area contributed by atoms with E-state index < -0.39 is 5.41 Å². The first kappa shape index (κ1) is 26.1. The molecule has 1 aromatic heterocycles. The summed E-state index contributed by atoms with van der Waals surface area (Å²) < 4.78 is 11.4. The second-order valence-electron chi connectivity index (χ2n) is 11.6. The van der Waals surface area contributed by atoms with Crippen LogP contribution in [0.25, 0.3) is 0 Å². The van der Waals surface area contributed by atoms with Gasteiger partial charge >= 0.3 is 0 Å². The standard InChI is InChI=1S/C28H40N4O5/c1-18-8-22-14-31(6-4-24(22)30-12-18)27(35)28-11-20(9-21-5-7-37-16-25(21)36-3)10-23(28)15-32(17-28)26(34)13-29-19(2)33/h8,12,20-21,23,25H,4-7,9-11,13-17H2,1-3H3,(H,29,33)/t20-,21?,23+,25?,28+/m1/s1. The topological polar surface area (TPSA) is 101 Å². The van der Waals surface area contributed by atoms with E-state index in [9.17, 15) is 14.4 Å². The number of aromatic nitrogens is 1. The van der Waals surface area contributed by atoms with E-state index in [0.29, 0.717) is 44.6 Å². The number of nitrogens with zero attached hydrogens (tertiary/aromatic N) is 3. The molecule has 2 unspecified atom stereocenters. The monoisotopic (exact) mass is 512 g/mol. The first-order valence-electron chi connectivity index (χ1n) is 13.7. The van der Waals surface area contributed by atoms with Crippen LogP contribution in [0.1, 0.15) is 49.4 Å². The quantitative estimate of drug-likeness (QED) is 0.623. The highest BCUT2D eigenvalue weighted by Crippen LogP contribution is 2.54. The maximum atomic E-state index is 14.3. The van der Waals surface area contributed by atoms with Gasteiger partial charge in [0.1, 0.15) is 0 Å². The van der Waals surface area contributed by atoms with Gasteiger partial charge in [0, 0.05) is 65.1 Å². The fraction of sp³-hybridized carbons (Fsp3) is 0.714. The normalized spacial score (nSPS) is 31.1. The van der Waals surface area contributed by atoms with E-state index >= 15 is 0 Å². The summed E-state index contributed by atoms with van der Waals surface area (Å²) in [5, 5.41) is 2.63. The van der Waals surface area contributed by atoms with Crippen LogP contribution in [0.2, 0.25) is 0 Å². The van der Waals surface area contributed by atoms with Crippen molar-refractivity contribution in [1.82, 2.24) is 20.1 Å². The highest BCUT2D eigenvalue weighted by molar-refractivity contribution is 5.88. The van der Waals surface area contributed by atoms with E-state index in [4.69, 9.17) is 9.47 Å². The van der Waals surface area contributed by atoms with Crippen LogP contribution in [-0.4, -0.2) is 85.1 Å². The third-order valence-electron chi connectivity index (χ3n) is 9.08. The molecule has 1 N–H and O–H groups in total. The SMILES string of the molecule is COC1COCCC1C[C@@H]1C[C@H]2CN(C(=O)CNC(C)=O)C[C@@]2(C(=O)N2CCc3ncc(C)cc3C2)C1. The molecule has 2 saturated heterocycles. The number of fused-ring (bicyclic) bond motifs is 2. The van der Waals surface area contributed by atoms with Gasteiger partial charge in [-0.05, 0) is 61.5 Å². The number of amides is 3. The van der Waals surface area contributed by atoms with E-state index in [1.807, 2.05) is 22.9 Å². The van der Waals surface area contributed by atoms with Crippen LogP contribution in [0.5, 0.6) is 0 Å². The average molecular weight is 513 g/mol. The molecule has 4 aliphatic rings. The van der Waals surface area contributed by atoms with Gasteiger partial charge in [-0.25, -0.2) is 0 Å². The van der Waals surface area contributed by atoms with Crippen LogP contribution >= 0.6 is 0 Å². The lowest BCUT2D eigenvalue weighted by Crippen LogP contribution is -2.49. The predicted octanol–water partition coefficient (Wildman–Crippen LogP) is 1.71. The summed E-state index contributed by atoms with van der Waals surface area (Å²) in [6.07, 6.45) is 6.50. The number of aryl methyl sites for hydroxylation is 1. The summed E-state index contributed by atoms with van der Waals surface area (Å²) >= 11 is 0. The number of carbonyl (C=O) groups excluding carboxylic acids is 3. The number of nitrogens with one attached hydrogen (secondary N) is 1. The molecule has 5 rings (SSSR count). The van der Waals surface area contributed by atoms with Crippen molar-refractivity contribution in [2.45, 2.75) is 58.6 Å². The largest absolute Gasteiger partial charge is 0.379 e. The molecule has 3 amide bonds. The molecular weight excluding hydrogens is 472 g/mol. The Balaban J connectivity index is 1.35. The molecule has 1 saturated carbocycles. The number of ether oxygens (including phenoxy) is 2. The van der Waals surface area contributed by atoms with E-state index in [1.165, 1.54) is 6.92 Å². The lowest BCUT2D eigenvalue weighted by atomic mass is 9.78. The third kappa shape index (κ3) is 5.25. The summed E-state index contributed by atoms with van der Waals surface area (Å²) in [6, 6.07) is 2.14. The molecule has 4 heterocycles. The van der Waals surface area contributed by atoms with Gasteiger partial charge in [-0.15, -0.1) is 0 Å². The molecule has 1 aromatic rings. The maximum absolute atomic E-state index is 14.3. The molecule has 202 valence electrons. The summed E-state index contributed by atoms with van der Waals surface area (Å²) in [5.41, 5.74) is 2.74. The molecule has 3 aliphatic heterocycles. The molecule has 37 heavy (non-hydrogen) atoms. The third-order valence-corrected chi connectivity index (χ3v) is 9.08. The molecular formula is C28H40N4O5. The van der Waals surface area contributed by atoms with Gasteiger partial charge in [-0.2, -0.15) is 0 Å². The molecule has 0 bridgehead atoms. The minimum Gasteiger partial charge on any atom is -0.379 e. The Morgan fingerprint density at radius 2 is 2.14 bits per heavy atom. The van der Waals surface area contributed by atoms with Crippen molar-refractivity contribution in [3.05, 3.63) is 29.1 Å². The summed E-state index contributed by atoms with van der Waals surface area (Å²) in [4.78, 5) is 47.1. The Hall–Kier alpha value is -2.52. The molecule has 1 aliphatic carbocycles. The van der Waals surface area contributed by atoms with Crippen molar-refractivity contribution in [3.63, 3.8) is 0 Å². The van der Waals surface area contributed by atoms with Gasteiger partial charge in [-0.1, -0.05) is 6.07 Å². The first-order chi connectivity index (χ1) is 17.8. The number of hydrogen-bond acceptors (Lipinski definition) is 6. The molecule has 3 fully saturated rings. The maximum Gasteiger partial charge on any atom is 0.242 e. The fourth-order valence-corrected chi connectivity index (χ4v) is 7.27. The number of pyridine rings is 1. The Morgan fingerprint density at radius 3 is 2.92 bits per heavy atom. The zero-order valence-electron chi connectivity index (χ0n) is 22.3. The van der Waals surface area contributed by atoms with Crippen LogP contribution in [0.15, 0.2) is 12.3 Å². The zero-order valence-corrected chi connectivity index (χ0v) is 22.3. The molecule has 0 aromatic carbocycles. The average Bonchev–Trinajstić information content (AvgIpc) is 3.41. The highest BCUT2D eigenvalue weighted by Gasteiger charge is 2.59. The van der Waals surface area contributed by atoms with Gasteiger partial charge in [-0.3, -0.25) is 19.4 Å². The van der Waals surface area contributed by atoms with Crippen molar-refractivity contribution in [3.8, 4) is 0 Å². The predicted molar refractivity (Wildman–Crippen MR) is 136 cm³/mol. The highest BCUT2D eigenvalue weighted by atomic mass is 16.5. The Kier molecular flexibility index (Phi) is 7.54. The second-order valence-corrected chi connectivity index (χ2v) is 11.6. The smallest absolute Gasteiger partial charge is 0.242 e. The van der Waals surface area contributed by atoms with Gasteiger partial charge in [0.2, 0.25) is 17.7 Å². The van der Waals surface area contributed by atoms with Gasteiger partial charge < -0.3 is 24.6 Å². The van der Waals surface area contributed by atoms with Gasteiger partial charge in [0.15, 0.2) is 0 Å². The molecule has 5 atom stereocenters.